The number of nitrogens with one attached hydrogen (secondary N) is 2. The molecule has 4 N–H and O–H groups in total. The van der Waals surface area contributed by atoms with E-state index in [1.165, 1.54) is 17.3 Å². The molecule has 2 aromatic carbocycles. The molecule has 29 heavy (non-hydrogen) atoms. The van der Waals surface area contributed by atoms with Crippen LogP contribution in [-0.2, 0) is 11.2 Å². The molecule has 0 aliphatic rings. The Morgan fingerprint density at radius 1 is 1.14 bits per heavy atom. The van der Waals surface area contributed by atoms with Gasteiger partial charge in [0.05, 0.1) is 17.1 Å². The number of hydrogen-bond acceptors (Lipinski definition) is 5. The zero-order valence-electron chi connectivity index (χ0n) is 16.0. The summed E-state index contributed by atoms with van der Waals surface area (Å²) < 4.78 is 0. The van der Waals surface area contributed by atoms with Crippen molar-refractivity contribution in [2.75, 3.05) is 17.6 Å². The van der Waals surface area contributed by atoms with E-state index in [-0.39, 0.29) is 11.8 Å². The van der Waals surface area contributed by atoms with E-state index >= 15 is 0 Å². The van der Waals surface area contributed by atoms with Crippen molar-refractivity contribution in [3.63, 3.8) is 0 Å². The molecule has 0 unspecified atom stereocenters. The fourth-order valence-corrected chi connectivity index (χ4v) is 4.17. The molecule has 0 aliphatic carbocycles. The molecule has 1 aromatic heterocycles. The molecular formula is C21H22N4O2S2. The summed E-state index contributed by atoms with van der Waals surface area (Å²) in [5, 5.41) is 8.65. The third-order valence-corrected chi connectivity index (χ3v) is 6.06. The summed E-state index contributed by atoms with van der Waals surface area (Å²) in [4.78, 5) is 28.6. The van der Waals surface area contributed by atoms with Crippen molar-refractivity contribution in [1.29, 1.82) is 0 Å². The summed E-state index contributed by atoms with van der Waals surface area (Å²) in [5.41, 5.74) is 9.10. The molecular weight excluding hydrogens is 404 g/mol. The number of hydrogen-bond donors (Lipinski definition) is 3. The summed E-state index contributed by atoms with van der Waals surface area (Å²) in [6.07, 6.45) is 0.647. The molecule has 8 heteroatoms. The molecule has 0 bridgehead atoms. The molecule has 0 saturated heterocycles. The lowest BCUT2D eigenvalue weighted by atomic mass is 10.2. The SMILES string of the molecule is Cc1ccc(-c2nc(CCNC(=O)Nc3ccccc3SCC(N)=O)cs2)cc1. The molecule has 0 fully saturated rings. The number of benzene rings is 2. The van der Waals surface area contributed by atoms with Crippen LogP contribution in [-0.4, -0.2) is 29.2 Å². The number of thioether (sulfide) groups is 1. The van der Waals surface area contributed by atoms with Crippen molar-refractivity contribution < 1.29 is 9.59 Å². The largest absolute Gasteiger partial charge is 0.369 e. The highest BCUT2D eigenvalue weighted by molar-refractivity contribution is 8.00. The minimum Gasteiger partial charge on any atom is -0.369 e. The average Bonchev–Trinajstić information content (AvgIpc) is 3.16. The Kier molecular flexibility index (Phi) is 7.26. The normalized spacial score (nSPS) is 10.5. The van der Waals surface area contributed by atoms with Gasteiger partial charge in [-0.05, 0) is 19.1 Å². The molecule has 1 heterocycles. The fourth-order valence-electron chi connectivity index (χ4n) is 2.57. The van der Waals surface area contributed by atoms with Crippen molar-refractivity contribution in [2.45, 2.75) is 18.2 Å². The van der Waals surface area contributed by atoms with E-state index in [1.807, 2.05) is 23.6 Å². The van der Waals surface area contributed by atoms with E-state index < -0.39 is 5.91 Å². The Labute approximate surface area is 177 Å². The maximum atomic E-state index is 12.2. The zero-order chi connectivity index (χ0) is 20.6. The first-order valence-corrected chi connectivity index (χ1v) is 10.9. The minimum atomic E-state index is -0.400. The number of nitrogens with zero attached hydrogens (tertiary/aromatic N) is 1. The van der Waals surface area contributed by atoms with Crippen LogP contribution in [0, 0.1) is 6.92 Å². The maximum Gasteiger partial charge on any atom is 0.319 e. The van der Waals surface area contributed by atoms with Gasteiger partial charge in [0.1, 0.15) is 5.01 Å². The quantitative estimate of drug-likeness (QED) is 0.473. The Hall–Kier alpha value is -2.84. The van der Waals surface area contributed by atoms with Crippen molar-refractivity contribution in [1.82, 2.24) is 10.3 Å². The van der Waals surface area contributed by atoms with Gasteiger partial charge < -0.3 is 16.4 Å². The Morgan fingerprint density at radius 3 is 2.66 bits per heavy atom. The van der Waals surface area contributed by atoms with Crippen molar-refractivity contribution in [3.8, 4) is 10.6 Å². The van der Waals surface area contributed by atoms with E-state index in [2.05, 4.69) is 46.8 Å². The molecule has 0 atom stereocenters. The van der Waals surface area contributed by atoms with E-state index in [1.54, 1.807) is 17.4 Å². The third-order valence-electron chi connectivity index (χ3n) is 4.02. The Balaban J connectivity index is 1.49. The molecule has 0 saturated carbocycles. The second kappa shape index (κ2) is 10.1. The summed E-state index contributed by atoms with van der Waals surface area (Å²) in [6.45, 7) is 2.53. The molecule has 150 valence electrons. The van der Waals surface area contributed by atoms with Crippen LogP contribution in [0.5, 0.6) is 0 Å². The second-order valence-corrected chi connectivity index (χ2v) is 8.27. The minimum absolute atomic E-state index is 0.160. The van der Waals surface area contributed by atoms with Gasteiger partial charge in [0.15, 0.2) is 0 Å². The van der Waals surface area contributed by atoms with E-state index in [0.29, 0.717) is 18.7 Å². The monoisotopic (exact) mass is 426 g/mol. The molecule has 0 radical (unpaired) electrons. The predicted molar refractivity (Wildman–Crippen MR) is 119 cm³/mol. The number of anilines is 1. The summed E-state index contributed by atoms with van der Waals surface area (Å²) in [6, 6.07) is 15.3. The lowest BCUT2D eigenvalue weighted by molar-refractivity contribution is -0.115. The number of aromatic nitrogens is 1. The van der Waals surface area contributed by atoms with Crippen LogP contribution in [0.15, 0.2) is 58.8 Å². The summed E-state index contributed by atoms with van der Waals surface area (Å²) >= 11 is 2.89. The van der Waals surface area contributed by atoms with Gasteiger partial charge in [-0.2, -0.15) is 0 Å². The lowest BCUT2D eigenvalue weighted by Crippen LogP contribution is -2.30. The topological polar surface area (TPSA) is 97.1 Å². The van der Waals surface area contributed by atoms with Gasteiger partial charge in [-0.15, -0.1) is 23.1 Å². The third kappa shape index (κ3) is 6.33. The van der Waals surface area contributed by atoms with Crippen molar-refractivity contribution in [3.05, 3.63) is 65.2 Å². The van der Waals surface area contributed by atoms with E-state index in [9.17, 15) is 9.59 Å². The van der Waals surface area contributed by atoms with Crippen LogP contribution in [0.2, 0.25) is 0 Å². The highest BCUT2D eigenvalue weighted by Crippen LogP contribution is 2.27. The van der Waals surface area contributed by atoms with Crippen LogP contribution >= 0.6 is 23.1 Å². The van der Waals surface area contributed by atoms with Crippen LogP contribution in [0.25, 0.3) is 10.6 Å². The van der Waals surface area contributed by atoms with Gasteiger partial charge in [-0.1, -0.05) is 42.0 Å². The van der Waals surface area contributed by atoms with Crippen LogP contribution in [0.1, 0.15) is 11.3 Å². The number of nitrogens with two attached hydrogens (primary N) is 1. The number of urea groups is 1. The van der Waals surface area contributed by atoms with Crippen LogP contribution < -0.4 is 16.4 Å². The maximum absolute atomic E-state index is 12.2. The first kappa shape index (κ1) is 20.9. The number of carbonyl (C=O) groups is 2. The molecule has 3 rings (SSSR count). The van der Waals surface area contributed by atoms with Crippen molar-refractivity contribution in [2.24, 2.45) is 5.73 Å². The number of primary amides is 1. The van der Waals surface area contributed by atoms with Gasteiger partial charge in [-0.25, -0.2) is 9.78 Å². The Bertz CT molecular complexity index is 986. The fraction of sp³-hybridized carbons (Fsp3) is 0.190. The smallest absolute Gasteiger partial charge is 0.319 e. The van der Waals surface area contributed by atoms with Crippen molar-refractivity contribution >= 4 is 40.7 Å². The highest BCUT2D eigenvalue weighted by Gasteiger charge is 2.09. The van der Waals surface area contributed by atoms with Gasteiger partial charge in [0.25, 0.3) is 0 Å². The van der Waals surface area contributed by atoms with Gasteiger partial charge >= 0.3 is 6.03 Å². The van der Waals surface area contributed by atoms with Gasteiger partial charge in [0, 0.05) is 28.8 Å². The number of rotatable bonds is 8. The number of thiazole rings is 1. The number of para-hydroxylation sites is 1. The molecule has 3 aromatic rings. The number of amides is 3. The predicted octanol–water partition coefficient (Wildman–Crippen LogP) is 4.06. The Morgan fingerprint density at radius 2 is 1.90 bits per heavy atom. The number of carbonyl (C=O) groups excluding carboxylic acids is 2. The molecule has 0 spiro atoms. The van der Waals surface area contributed by atoms with Gasteiger partial charge in [-0.3, -0.25) is 4.79 Å². The van der Waals surface area contributed by atoms with Crippen LogP contribution in [0.4, 0.5) is 10.5 Å². The first-order valence-electron chi connectivity index (χ1n) is 9.07. The standard InChI is InChI=1S/C21H22N4O2S2/c1-14-6-8-15(9-7-14)20-24-16(12-29-20)10-11-23-21(27)25-17-4-2-3-5-18(17)28-13-19(22)26/h2-9,12H,10-11,13H2,1H3,(H2,22,26)(H2,23,25,27). The number of aryl methyl sites for hydroxylation is 1. The first-order chi connectivity index (χ1) is 14.0. The molecule has 6 nitrogen and oxygen atoms in total. The average molecular weight is 427 g/mol. The van der Waals surface area contributed by atoms with Crippen LogP contribution in [0.3, 0.4) is 0 Å². The summed E-state index contributed by atoms with van der Waals surface area (Å²) in [5.74, 6) is -0.240. The van der Waals surface area contributed by atoms with E-state index in [4.69, 9.17) is 5.73 Å². The molecule has 0 aliphatic heterocycles. The summed E-state index contributed by atoms with van der Waals surface area (Å²) in [7, 11) is 0. The molecule has 3 amide bonds. The van der Waals surface area contributed by atoms with Gasteiger partial charge in [0.2, 0.25) is 5.91 Å². The highest BCUT2D eigenvalue weighted by atomic mass is 32.2. The zero-order valence-corrected chi connectivity index (χ0v) is 17.6. The second-order valence-electron chi connectivity index (χ2n) is 6.39. The van der Waals surface area contributed by atoms with E-state index in [0.717, 1.165) is 21.2 Å². The lowest BCUT2D eigenvalue weighted by Gasteiger charge is -2.11.